The van der Waals surface area contributed by atoms with Crippen LogP contribution in [-0.2, 0) is 22.6 Å². The van der Waals surface area contributed by atoms with Crippen molar-refractivity contribution in [1.29, 1.82) is 0 Å². The number of piperazine rings is 1. The Bertz CT molecular complexity index is 853. The summed E-state index contributed by atoms with van der Waals surface area (Å²) in [6.07, 6.45) is 5.89. The van der Waals surface area contributed by atoms with E-state index >= 15 is 0 Å². The van der Waals surface area contributed by atoms with Crippen molar-refractivity contribution >= 4 is 11.8 Å². The Labute approximate surface area is 183 Å². The zero-order valence-electron chi connectivity index (χ0n) is 18.3. The summed E-state index contributed by atoms with van der Waals surface area (Å²) < 4.78 is 1.85. The molecule has 2 fully saturated rings. The van der Waals surface area contributed by atoms with Gasteiger partial charge in [0.15, 0.2) is 0 Å². The second-order valence-electron chi connectivity index (χ2n) is 9.07. The fourth-order valence-corrected chi connectivity index (χ4v) is 4.98. The lowest BCUT2D eigenvalue weighted by Crippen LogP contribution is -2.52. The van der Waals surface area contributed by atoms with E-state index in [1.165, 1.54) is 0 Å². The number of likely N-dealkylation sites (tertiary alicyclic amines) is 1. The fraction of sp³-hybridized carbons (Fsp3) is 0.727. The van der Waals surface area contributed by atoms with E-state index in [1.807, 2.05) is 14.4 Å². The first kappa shape index (κ1) is 22.0. The molecular weight excluding hydrogens is 396 g/mol. The van der Waals surface area contributed by atoms with Crippen LogP contribution in [0.3, 0.4) is 0 Å². The number of nitrogens with zero attached hydrogens (tertiary/aromatic N) is 5. The first-order chi connectivity index (χ1) is 15.0. The number of hydrogen-bond acceptors (Lipinski definition) is 6. The molecule has 0 aliphatic carbocycles. The van der Waals surface area contributed by atoms with E-state index in [4.69, 9.17) is 10.7 Å². The first-order valence-electron chi connectivity index (χ1n) is 11.6. The van der Waals surface area contributed by atoms with Gasteiger partial charge in [-0.25, -0.2) is 4.98 Å². The Hall–Kier alpha value is -2.26. The number of nitrogens with two attached hydrogens (primary N) is 1. The van der Waals surface area contributed by atoms with Crippen LogP contribution < -0.4 is 11.3 Å². The van der Waals surface area contributed by atoms with Crippen LogP contribution >= 0.6 is 0 Å². The van der Waals surface area contributed by atoms with Gasteiger partial charge in [0.05, 0.1) is 18.8 Å². The molecule has 0 saturated carbocycles. The minimum Gasteiger partial charge on any atom is -0.369 e. The maximum absolute atomic E-state index is 12.8. The summed E-state index contributed by atoms with van der Waals surface area (Å²) in [5.74, 6) is 1.05. The summed E-state index contributed by atoms with van der Waals surface area (Å²) >= 11 is 0. The number of aromatic nitrogens is 2. The van der Waals surface area contributed by atoms with Crippen LogP contribution in [0.4, 0.5) is 0 Å². The SMILES string of the molecule is NC(=O)CN1CCN(CC(=O)N2CCC(c3cc(=O)n4c(n3)CCCCC4)CC2)CC1. The van der Waals surface area contributed by atoms with E-state index < -0.39 is 0 Å². The van der Waals surface area contributed by atoms with Gasteiger partial charge in [-0.1, -0.05) is 6.42 Å². The molecule has 4 rings (SSSR count). The summed E-state index contributed by atoms with van der Waals surface area (Å²) in [5, 5.41) is 0. The molecule has 1 aromatic rings. The Morgan fingerprint density at radius 3 is 2.29 bits per heavy atom. The number of fused-ring (bicyclic) bond motifs is 1. The topological polar surface area (TPSA) is 105 Å². The summed E-state index contributed by atoms with van der Waals surface area (Å²) in [4.78, 5) is 47.4. The second-order valence-corrected chi connectivity index (χ2v) is 9.07. The molecule has 170 valence electrons. The zero-order valence-corrected chi connectivity index (χ0v) is 18.3. The third kappa shape index (κ3) is 5.51. The maximum Gasteiger partial charge on any atom is 0.253 e. The van der Waals surface area contributed by atoms with Crippen molar-refractivity contribution < 1.29 is 9.59 Å². The van der Waals surface area contributed by atoms with Gasteiger partial charge in [0.2, 0.25) is 11.8 Å². The predicted molar refractivity (Wildman–Crippen MR) is 117 cm³/mol. The molecule has 1 aromatic heterocycles. The molecule has 0 unspecified atom stereocenters. The number of piperidine rings is 1. The molecule has 0 aromatic carbocycles. The highest BCUT2D eigenvalue weighted by Gasteiger charge is 2.28. The average molecular weight is 431 g/mol. The second kappa shape index (κ2) is 9.91. The van der Waals surface area contributed by atoms with E-state index in [2.05, 4.69) is 4.90 Å². The van der Waals surface area contributed by atoms with Crippen LogP contribution in [0, 0.1) is 0 Å². The van der Waals surface area contributed by atoms with Gasteiger partial charge in [0.25, 0.3) is 5.56 Å². The van der Waals surface area contributed by atoms with Crippen molar-refractivity contribution in [2.24, 2.45) is 5.73 Å². The Balaban J connectivity index is 1.28. The van der Waals surface area contributed by atoms with E-state index in [9.17, 15) is 14.4 Å². The van der Waals surface area contributed by atoms with Gasteiger partial charge in [-0.2, -0.15) is 0 Å². The van der Waals surface area contributed by atoms with Crippen molar-refractivity contribution in [2.45, 2.75) is 51.0 Å². The number of carbonyl (C=O) groups is 2. The molecule has 31 heavy (non-hydrogen) atoms. The van der Waals surface area contributed by atoms with Crippen LogP contribution in [0.1, 0.15) is 49.5 Å². The molecule has 4 heterocycles. The third-order valence-corrected chi connectivity index (χ3v) is 6.86. The van der Waals surface area contributed by atoms with E-state index in [-0.39, 0.29) is 29.8 Å². The number of amides is 2. The number of carbonyl (C=O) groups excluding carboxylic acids is 2. The van der Waals surface area contributed by atoms with Crippen LogP contribution in [0.2, 0.25) is 0 Å². The van der Waals surface area contributed by atoms with Gasteiger partial charge in [-0.05, 0) is 25.7 Å². The first-order valence-corrected chi connectivity index (χ1v) is 11.6. The van der Waals surface area contributed by atoms with E-state index in [0.717, 1.165) is 82.8 Å². The van der Waals surface area contributed by atoms with Crippen LogP contribution in [0.5, 0.6) is 0 Å². The molecule has 9 nitrogen and oxygen atoms in total. The lowest BCUT2D eigenvalue weighted by molar-refractivity contribution is -0.134. The summed E-state index contributed by atoms with van der Waals surface area (Å²) in [5.41, 5.74) is 6.25. The van der Waals surface area contributed by atoms with E-state index in [0.29, 0.717) is 19.6 Å². The molecular formula is C22H34N6O3. The molecule has 2 N–H and O–H groups in total. The van der Waals surface area contributed by atoms with Crippen molar-refractivity contribution in [3.8, 4) is 0 Å². The van der Waals surface area contributed by atoms with Crippen molar-refractivity contribution in [2.75, 3.05) is 52.4 Å². The lowest BCUT2D eigenvalue weighted by atomic mass is 9.93. The summed E-state index contributed by atoms with van der Waals surface area (Å²) in [6.45, 7) is 6.00. The largest absolute Gasteiger partial charge is 0.369 e. The highest BCUT2D eigenvalue weighted by atomic mass is 16.2. The normalized spacial score (nSPS) is 21.5. The van der Waals surface area contributed by atoms with Crippen molar-refractivity contribution in [3.05, 3.63) is 27.9 Å². The molecule has 0 radical (unpaired) electrons. The van der Waals surface area contributed by atoms with Crippen molar-refractivity contribution in [3.63, 3.8) is 0 Å². The number of aryl methyl sites for hydroxylation is 1. The van der Waals surface area contributed by atoms with Crippen LogP contribution in [-0.4, -0.2) is 88.4 Å². The molecule has 3 aliphatic heterocycles. The molecule has 2 saturated heterocycles. The number of rotatable bonds is 5. The zero-order chi connectivity index (χ0) is 21.8. The van der Waals surface area contributed by atoms with Gasteiger partial charge in [-0.3, -0.25) is 28.8 Å². The Morgan fingerprint density at radius 1 is 0.935 bits per heavy atom. The molecule has 2 amide bonds. The van der Waals surface area contributed by atoms with Gasteiger partial charge in [0, 0.05) is 64.2 Å². The van der Waals surface area contributed by atoms with Gasteiger partial charge < -0.3 is 10.6 Å². The van der Waals surface area contributed by atoms with Crippen molar-refractivity contribution in [1.82, 2.24) is 24.3 Å². The van der Waals surface area contributed by atoms with E-state index in [1.54, 1.807) is 6.07 Å². The maximum atomic E-state index is 12.8. The summed E-state index contributed by atoms with van der Waals surface area (Å²) in [7, 11) is 0. The Morgan fingerprint density at radius 2 is 1.61 bits per heavy atom. The number of hydrogen-bond donors (Lipinski definition) is 1. The molecule has 0 bridgehead atoms. The third-order valence-electron chi connectivity index (χ3n) is 6.86. The molecule has 0 spiro atoms. The molecule has 9 heteroatoms. The molecule has 0 atom stereocenters. The van der Waals surface area contributed by atoms with Crippen LogP contribution in [0.25, 0.3) is 0 Å². The minimum atomic E-state index is -0.306. The van der Waals surface area contributed by atoms with Gasteiger partial charge in [-0.15, -0.1) is 0 Å². The Kier molecular flexibility index (Phi) is 7.02. The minimum absolute atomic E-state index is 0.0795. The monoisotopic (exact) mass is 430 g/mol. The highest BCUT2D eigenvalue weighted by Crippen LogP contribution is 2.27. The van der Waals surface area contributed by atoms with Crippen LogP contribution in [0.15, 0.2) is 10.9 Å². The quantitative estimate of drug-likeness (QED) is 0.693. The lowest BCUT2D eigenvalue weighted by Gasteiger charge is -2.36. The van der Waals surface area contributed by atoms with Gasteiger partial charge in [0.1, 0.15) is 5.82 Å². The van der Waals surface area contributed by atoms with Gasteiger partial charge >= 0.3 is 0 Å². The smallest absolute Gasteiger partial charge is 0.253 e. The fourth-order valence-electron chi connectivity index (χ4n) is 4.98. The number of primary amides is 1. The average Bonchev–Trinajstić information content (AvgIpc) is 3.01. The molecule has 3 aliphatic rings. The predicted octanol–water partition coefficient (Wildman–Crippen LogP) is -0.221. The summed E-state index contributed by atoms with van der Waals surface area (Å²) in [6, 6.07) is 1.72. The highest BCUT2D eigenvalue weighted by molar-refractivity contribution is 5.78. The standard InChI is InChI=1S/C22H34N6O3/c23-19(29)15-25-10-12-26(13-11-25)16-22(31)27-8-5-17(6-9-27)18-14-21(30)28-7-3-1-2-4-20(28)24-18/h14,17H,1-13,15-16H2,(H2,23,29).